The molecule has 0 aromatic carbocycles. The molecule has 5 atom stereocenters. The average Bonchev–Trinajstić information content (AvgIpc) is 3.34. The summed E-state index contributed by atoms with van der Waals surface area (Å²) in [5.74, 6) is 0.165. The first-order valence-electron chi connectivity index (χ1n) is 8.24. The van der Waals surface area contributed by atoms with Crippen LogP contribution in [0.5, 0.6) is 0 Å². The minimum Gasteiger partial charge on any atom is -0.387 e. The van der Waals surface area contributed by atoms with E-state index < -0.39 is 38.9 Å². The zero-order valence-corrected chi connectivity index (χ0v) is 15.6. The van der Waals surface area contributed by atoms with Crippen LogP contribution >= 0.6 is 7.75 Å². The van der Waals surface area contributed by atoms with E-state index in [0.717, 1.165) is 4.34 Å². The Morgan fingerprint density at radius 2 is 2.14 bits per heavy atom. The number of fused-ring (bicyclic) bond motifs is 1. The molecule has 14 heteroatoms. The summed E-state index contributed by atoms with van der Waals surface area (Å²) < 4.78 is 27.1. The Hall–Kier alpha value is -2.41. The highest BCUT2D eigenvalue weighted by Crippen LogP contribution is 2.44. The van der Waals surface area contributed by atoms with Crippen LogP contribution in [0.2, 0.25) is 0 Å². The summed E-state index contributed by atoms with van der Waals surface area (Å²) in [7, 11) is -2.49. The largest absolute Gasteiger partial charge is 0.525 e. The molecule has 13 nitrogen and oxygen atoms in total. The lowest BCUT2D eigenvalue weighted by Crippen LogP contribution is -2.33. The van der Waals surface area contributed by atoms with E-state index in [1.54, 1.807) is 17.8 Å². The van der Waals surface area contributed by atoms with E-state index in [9.17, 15) is 19.7 Å². The molecule has 5 N–H and O–H groups in total. The van der Waals surface area contributed by atoms with Crippen molar-refractivity contribution in [3.63, 3.8) is 0 Å². The second-order valence-corrected chi connectivity index (χ2v) is 8.08. The maximum absolute atomic E-state index is 12.3. The Labute approximate surface area is 158 Å². The van der Waals surface area contributed by atoms with E-state index >= 15 is 0 Å². The molecule has 1 fully saturated rings. The number of ether oxygens (including phenoxy) is 1. The fourth-order valence-electron chi connectivity index (χ4n) is 2.98. The lowest BCUT2D eigenvalue weighted by molar-refractivity contribution is -0.670. The first-order valence-corrected chi connectivity index (χ1v) is 9.77. The number of aliphatic hydroxyl groups excluding tert-OH is 2. The molecular formula is C14H19N7O6P+. The van der Waals surface area contributed by atoms with Crippen LogP contribution in [0.15, 0.2) is 31.4 Å². The van der Waals surface area contributed by atoms with Gasteiger partial charge in [0.2, 0.25) is 0 Å². The molecule has 0 aliphatic carbocycles. The van der Waals surface area contributed by atoms with Gasteiger partial charge in [-0.15, -0.1) is 4.34 Å². The molecule has 1 aliphatic rings. The first kappa shape index (κ1) is 18.9. The van der Waals surface area contributed by atoms with Gasteiger partial charge >= 0.3 is 7.75 Å². The summed E-state index contributed by atoms with van der Waals surface area (Å²) in [6.45, 7) is -0.422. The molecule has 0 amide bonds. The van der Waals surface area contributed by atoms with E-state index in [1.165, 1.54) is 29.7 Å². The first-order chi connectivity index (χ1) is 13.3. The molecule has 5 unspecified atom stereocenters. The van der Waals surface area contributed by atoms with Gasteiger partial charge in [-0.2, -0.15) is 0 Å². The lowest BCUT2D eigenvalue weighted by atomic mass is 10.1. The summed E-state index contributed by atoms with van der Waals surface area (Å²) in [4.78, 5) is 22.1. The predicted octanol–water partition coefficient (Wildman–Crippen LogP) is -1.68. The third kappa shape index (κ3) is 3.17. The summed E-state index contributed by atoms with van der Waals surface area (Å²) in [5.41, 5.74) is 6.39. The molecular weight excluding hydrogens is 393 g/mol. The Morgan fingerprint density at radius 3 is 2.86 bits per heavy atom. The minimum atomic E-state index is -4.18. The quantitative estimate of drug-likeness (QED) is 0.280. The molecule has 0 saturated carbocycles. The van der Waals surface area contributed by atoms with Gasteiger partial charge in [-0.05, 0) is 0 Å². The number of hydrogen-bond donors (Lipinski definition) is 4. The van der Waals surface area contributed by atoms with Gasteiger partial charge in [0.15, 0.2) is 17.7 Å². The third-order valence-corrected chi connectivity index (χ3v) is 5.76. The zero-order valence-electron chi connectivity index (χ0n) is 14.7. The summed E-state index contributed by atoms with van der Waals surface area (Å²) in [6, 6.07) is 0. The second-order valence-electron chi connectivity index (χ2n) is 6.37. The van der Waals surface area contributed by atoms with Crippen molar-refractivity contribution in [2.75, 3.05) is 12.3 Å². The SMILES string of the molecule is C[n+]1ccn(P(=O)(O)OCC2OC(n3cnc4c(N)ncnc43)C(O)C2O)c1. The van der Waals surface area contributed by atoms with Gasteiger partial charge < -0.3 is 20.7 Å². The number of nitrogen functional groups attached to an aromatic ring is 1. The molecule has 3 aromatic rings. The molecule has 150 valence electrons. The van der Waals surface area contributed by atoms with Crippen LogP contribution in [0, 0.1) is 0 Å². The van der Waals surface area contributed by atoms with Gasteiger partial charge in [0, 0.05) is 0 Å². The number of rotatable bonds is 5. The number of aromatic nitrogens is 6. The van der Waals surface area contributed by atoms with Crippen molar-refractivity contribution in [2.45, 2.75) is 24.5 Å². The highest BCUT2D eigenvalue weighted by Gasteiger charge is 2.46. The number of imidazole rings is 2. The van der Waals surface area contributed by atoms with Crippen molar-refractivity contribution >= 4 is 24.7 Å². The van der Waals surface area contributed by atoms with Crippen molar-refractivity contribution < 1.29 is 33.5 Å². The van der Waals surface area contributed by atoms with Crippen LogP contribution in [-0.2, 0) is 20.9 Å². The number of aryl methyl sites for hydroxylation is 1. The molecule has 0 bridgehead atoms. The van der Waals surface area contributed by atoms with Gasteiger partial charge in [0.1, 0.15) is 42.5 Å². The third-order valence-electron chi connectivity index (χ3n) is 4.45. The van der Waals surface area contributed by atoms with E-state index in [-0.39, 0.29) is 5.82 Å². The van der Waals surface area contributed by atoms with E-state index in [0.29, 0.717) is 11.2 Å². The summed E-state index contributed by atoms with van der Waals surface area (Å²) in [5, 5.41) is 20.7. The highest BCUT2D eigenvalue weighted by atomic mass is 31.2. The fourth-order valence-corrected chi connectivity index (χ4v) is 3.97. The Kier molecular flexibility index (Phi) is 4.65. The summed E-state index contributed by atoms with van der Waals surface area (Å²) >= 11 is 0. The molecule has 3 aromatic heterocycles. The van der Waals surface area contributed by atoms with Gasteiger partial charge in [0.05, 0.1) is 20.0 Å². The van der Waals surface area contributed by atoms with Gasteiger partial charge in [-0.25, -0.2) is 24.1 Å². The van der Waals surface area contributed by atoms with Crippen molar-refractivity contribution in [1.82, 2.24) is 23.9 Å². The van der Waals surface area contributed by atoms with E-state index in [2.05, 4.69) is 15.0 Å². The number of aliphatic hydroxyl groups is 2. The molecule has 1 aliphatic heterocycles. The molecule has 0 radical (unpaired) electrons. The highest BCUT2D eigenvalue weighted by molar-refractivity contribution is 7.51. The maximum atomic E-state index is 12.3. The molecule has 0 spiro atoms. The van der Waals surface area contributed by atoms with Crippen LogP contribution in [-0.4, -0.2) is 63.9 Å². The second kappa shape index (κ2) is 6.88. The van der Waals surface area contributed by atoms with Gasteiger partial charge in [-0.3, -0.25) is 14.0 Å². The number of nitrogens with two attached hydrogens (primary N) is 1. The molecule has 4 heterocycles. The smallest absolute Gasteiger partial charge is 0.387 e. The zero-order chi connectivity index (χ0) is 20.1. The molecule has 1 saturated heterocycles. The monoisotopic (exact) mass is 412 g/mol. The number of hydrogen-bond acceptors (Lipinski definition) is 9. The van der Waals surface area contributed by atoms with Crippen LogP contribution < -0.4 is 10.3 Å². The van der Waals surface area contributed by atoms with Crippen LogP contribution in [0.4, 0.5) is 5.82 Å². The van der Waals surface area contributed by atoms with Crippen LogP contribution in [0.3, 0.4) is 0 Å². The normalized spacial score (nSPS) is 27.3. The van der Waals surface area contributed by atoms with Gasteiger partial charge in [0.25, 0.3) is 6.33 Å². The van der Waals surface area contributed by atoms with Crippen molar-refractivity contribution in [3.05, 3.63) is 31.4 Å². The average molecular weight is 412 g/mol. The van der Waals surface area contributed by atoms with Crippen LogP contribution in [0.1, 0.15) is 6.23 Å². The number of nitrogens with zero attached hydrogens (tertiary/aromatic N) is 6. The van der Waals surface area contributed by atoms with E-state index in [4.69, 9.17) is 15.0 Å². The topological polar surface area (TPSA) is 175 Å². The predicted molar refractivity (Wildman–Crippen MR) is 92.4 cm³/mol. The van der Waals surface area contributed by atoms with Crippen molar-refractivity contribution in [3.8, 4) is 0 Å². The maximum Gasteiger partial charge on any atom is 0.525 e. The van der Waals surface area contributed by atoms with Gasteiger partial charge in [-0.1, -0.05) is 0 Å². The Bertz CT molecular complexity index is 1050. The molecule has 28 heavy (non-hydrogen) atoms. The summed E-state index contributed by atoms with van der Waals surface area (Å²) in [6.07, 6.45) is 2.14. The minimum absolute atomic E-state index is 0.165. The van der Waals surface area contributed by atoms with E-state index in [1.807, 2.05) is 0 Å². The fraction of sp³-hybridized carbons (Fsp3) is 0.429. The Balaban J connectivity index is 1.51. The standard InChI is InChI=1S/C14H18N7O6P/c1-19-2-3-20(7-19)28(24,25)26-4-8-10(22)11(23)14(27-8)21-6-18-9-12(15)16-5-17-13(9)21/h2-3,5-8,10-11,14,22-23H,4H2,1H3,(H2-,15,16,17,24,25)/p+1. The van der Waals surface area contributed by atoms with Crippen LogP contribution in [0.25, 0.3) is 11.2 Å². The molecule has 4 rings (SSSR count). The van der Waals surface area contributed by atoms with Crippen molar-refractivity contribution in [2.24, 2.45) is 7.05 Å². The lowest BCUT2D eigenvalue weighted by Gasteiger charge is -2.16. The number of anilines is 1. The Morgan fingerprint density at radius 1 is 1.36 bits per heavy atom. The van der Waals surface area contributed by atoms with Crippen molar-refractivity contribution in [1.29, 1.82) is 0 Å².